The Kier molecular flexibility index (Phi) is 4.51. The van der Waals surface area contributed by atoms with Gasteiger partial charge in [-0.1, -0.05) is 0 Å². The molecule has 6 heteroatoms. The maximum Gasteiger partial charge on any atom is 0.225 e. The molecule has 0 spiro atoms. The summed E-state index contributed by atoms with van der Waals surface area (Å²) >= 11 is 0. The maximum atomic E-state index is 11.2. The fourth-order valence-electron chi connectivity index (χ4n) is 1.65. The predicted octanol–water partition coefficient (Wildman–Crippen LogP) is -0.229. The van der Waals surface area contributed by atoms with E-state index in [0.29, 0.717) is 12.5 Å². The molecular formula is C9H17N3O2S. The fourth-order valence-corrected chi connectivity index (χ4v) is 2.41. The minimum atomic E-state index is -3.37. The summed E-state index contributed by atoms with van der Waals surface area (Å²) in [5.74, 6) is -0.0331. The molecule has 1 saturated heterocycles. The van der Waals surface area contributed by atoms with E-state index in [1.165, 1.54) is 0 Å². The minimum absolute atomic E-state index is 0.412. The third kappa shape index (κ3) is 4.60. The van der Waals surface area contributed by atoms with Crippen LogP contribution in [0.25, 0.3) is 0 Å². The molecule has 0 aromatic carbocycles. The van der Waals surface area contributed by atoms with Gasteiger partial charge in [-0.25, -0.2) is 13.1 Å². The van der Waals surface area contributed by atoms with Gasteiger partial charge in [0.1, 0.15) is 0 Å². The lowest BCUT2D eigenvalue weighted by Crippen LogP contribution is -2.37. The van der Waals surface area contributed by atoms with Crippen molar-refractivity contribution in [2.45, 2.75) is 12.8 Å². The molecule has 0 unspecified atom stereocenters. The largest absolute Gasteiger partial charge is 0.306 e. The summed E-state index contributed by atoms with van der Waals surface area (Å²) in [5, 5.41) is 8.30. The number of hydrogen-bond donors (Lipinski definition) is 1. The monoisotopic (exact) mass is 231 g/mol. The summed E-state index contributed by atoms with van der Waals surface area (Å²) in [6.07, 6.45) is 2.04. The van der Waals surface area contributed by atoms with Crippen LogP contribution in [0.4, 0.5) is 0 Å². The average molecular weight is 231 g/mol. The Morgan fingerprint density at radius 1 is 1.47 bits per heavy atom. The van der Waals surface area contributed by atoms with Gasteiger partial charge in [-0.3, -0.25) is 0 Å². The predicted molar refractivity (Wildman–Crippen MR) is 57.6 cm³/mol. The van der Waals surface area contributed by atoms with Crippen LogP contribution in [0, 0.1) is 17.2 Å². The van der Waals surface area contributed by atoms with Gasteiger partial charge in [0.15, 0.2) is 5.75 Å². The normalized spacial score (nSPS) is 20.0. The first-order valence-corrected chi connectivity index (χ1v) is 6.71. The summed E-state index contributed by atoms with van der Waals surface area (Å²) in [6, 6.07) is 1.64. The number of nitrogens with one attached hydrogen (secondary N) is 1. The molecule has 0 bridgehead atoms. The molecule has 1 rings (SSSR count). The molecule has 15 heavy (non-hydrogen) atoms. The van der Waals surface area contributed by atoms with Crippen molar-refractivity contribution in [3.05, 3.63) is 0 Å². The molecule has 0 amide bonds. The molecule has 0 radical (unpaired) electrons. The van der Waals surface area contributed by atoms with Crippen molar-refractivity contribution < 1.29 is 8.42 Å². The maximum absolute atomic E-state index is 11.2. The third-order valence-electron chi connectivity index (χ3n) is 2.68. The van der Waals surface area contributed by atoms with Crippen LogP contribution in [0.2, 0.25) is 0 Å². The Hall–Kier alpha value is -0.640. The van der Waals surface area contributed by atoms with Crippen molar-refractivity contribution >= 4 is 10.0 Å². The van der Waals surface area contributed by atoms with Gasteiger partial charge in [0, 0.05) is 6.54 Å². The number of piperidine rings is 1. The van der Waals surface area contributed by atoms with Crippen LogP contribution in [0.3, 0.4) is 0 Å². The van der Waals surface area contributed by atoms with Gasteiger partial charge >= 0.3 is 0 Å². The first-order chi connectivity index (χ1) is 7.03. The van der Waals surface area contributed by atoms with Gasteiger partial charge in [0.2, 0.25) is 10.0 Å². The first-order valence-electron chi connectivity index (χ1n) is 5.06. The highest BCUT2D eigenvalue weighted by Gasteiger charge is 2.18. The number of sulfonamides is 1. The molecule has 0 aromatic rings. The topological polar surface area (TPSA) is 73.2 Å². The summed E-state index contributed by atoms with van der Waals surface area (Å²) < 4.78 is 24.9. The van der Waals surface area contributed by atoms with Crippen molar-refractivity contribution in [2.75, 3.05) is 32.4 Å². The number of rotatable bonds is 4. The second-order valence-corrected chi connectivity index (χ2v) is 5.82. The van der Waals surface area contributed by atoms with Gasteiger partial charge in [-0.2, -0.15) is 5.26 Å². The zero-order chi connectivity index (χ0) is 11.3. The van der Waals surface area contributed by atoms with Crippen LogP contribution in [-0.2, 0) is 10.0 Å². The van der Waals surface area contributed by atoms with Crippen molar-refractivity contribution in [3.8, 4) is 6.07 Å². The number of likely N-dealkylation sites (tertiary alicyclic amines) is 1. The summed E-state index contributed by atoms with van der Waals surface area (Å²) in [5.41, 5.74) is 0. The molecule has 0 atom stereocenters. The van der Waals surface area contributed by atoms with E-state index in [0.717, 1.165) is 25.9 Å². The lowest BCUT2D eigenvalue weighted by Gasteiger charge is -2.28. The van der Waals surface area contributed by atoms with E-state index in [4.69, 9.17) is 5.26 Å². The Bertz CT molecular complexity index is 326. The smallest absolute Gasteiger partial charge is 0.225 e. The lowest BCUT2D eigenvalue weighted by molar-refractivity contribution is 0.220. The SMILES string of the molecule is CN1CCC(CNS(=O)(=O)CC#N)CC1. The zero-order valence-electron chi connectivity index (χ0n) is 8.94. The first kappa shape index (κ1) is 12.4. The van der Waals surface area contributed by atoms with Crippen LogP contribution in [-0.4, -0.2) is 45.8 Å². The third-order valence-corrected chi connectivity index (χ3v) is 3.80. The molecule has 86 valence electrons. The van der Waals surface area contributed by atoms with E-state index in [-0.39, 0.29) is 0 Å². The van der Waals surface area contributed by atoms with E-state index in [2.05, 4.69) is 16.7 Å². The van der Waals surface area contributed by atoms with Gasteiger partial charge < -0.3 is 4.90 Å². The van der Waals surface area contributed by atoms with Crippen LogP contribution in [0.1, 0.15) is 12.8 Å². The quantitative estimate of drug-likeness (QED) is 0.725. The van der Waals surface area contributed by atoms with E-state index >= 15 is 0 Å². The molecule has 1 aliphatic rings. The minimum Gasteiger partial charge on any atom is -0.306 e. The Morgan fingerprint density at radius 2 is 2.07 bits per heavy atom. The van der Waals surface area contributed by atoms with E-state index < -0.39 is 15.8 Å². The zero-order valence-corrected chi connectivity index (χ0v) is 9.76. The average Bonchev–Trinajstić information content (AvgIpc) is 2.17. The van der Waals surface area contributed by atoms with E-state index in [9.17, 15) is 8.42 Å². The van der Waals surface area contributed by atoms with Gasteiger partial charge in [0.05, 0.1) is 6.07 Å². The van der Waals surface area contributed by atoms with Crippen LogP contribution >= 0.6 is 0 Å². The van der Waals surface area contributed by atoms with Crippen LogP contribution in [0.15, 0.2) is 0 Å². The molecule has 5 nitrogen and oxygen atoms in total. The molecule has 0 saturated carbocycles. The van der Waals surface area contributed by atoms with Gasteiger partial charge in [0.25, 0.3) is 0 Å². The fraction of sp³-hybridized carbons (Fsp3) is 0.889. The number of nitriles is 1. The van der Waals surface area contributed by atoms with Crippen molar-refractivity contribution in [3.63, 3.8) is 0 Å². The lowest BCUT2D eigenvalue weighted by atomic mass is 9.98. The molecule has 1 fully saturated rings. The highest BCUT2D eigenvalue weighted by molar-refractivity contribution is 7.89. The van der Waals surface area contributed by atoms with Crippen LogP contribution < -0.4 is 4.72 Å². The van der Waals surface area contributed by atoms with Crippen molar-refractivity contribution in [1.82, 2.24) is 9.62 Å². The summed E-state index contributed by atoms with van der Waals surface area (Å²) in [7, 11) is -1.30. The molecule has 0 aliphatic carbocycles. The second kappa shape index (κ2) is 5.45. The highest BCUT2D eigenvalue weighted by Crippen LogP contribution is 2.14. The summed E-state index contributed by atoms with van der Waals surface area (Å²) in [6.45, 7) is 2.51. The Morgan fingerprint density at radius 3 is 2.60 bits per heavy atom. The van der Waals surface area contributed by atoms with Crippen molar-refractivity contribution in [2.24, 2.45) is 5.92 Å². The molecule has 1 heterocycles. The van der Waals surface area contributed by atoms with E-state index in [1.54, 1.807) is 6.07 Å². The Labute approximate surface area is 91.1 Å². The van der Waals surface area contributed by atoms with Crippen molar-refractivity contribution in [1.29, 1.82) is 5.26 Å². The molecule has 0 aromatic heterocycles. The summed E-state index contributed by atoms with van der Waals surface area (Å²) in [4.78, 5) is 2.24. The molecule has 1 N–H and O–H groups in total. The standard InChI is InChI=1S/C9H17N3O2S/c1-12-5-2-9(3-6-12)8-11-15(13,14)7-4-10/h9,11H,2-3,5-8H2,1H3. The Balaban J connectivity index is 2.29. The van der Waals surface area contributed by atoms with Crippen LogP contribution in [0.5, 0.6) is 0 Å². The van der Waals surface area contributed by atoms with Gasteiger partial charge in [-0.05, 0) is 38.9 Å². The van der Waals surface area contributed by atoms with Gasteiger partial charge in [-0.15, -0.1) is 0 Å². The molecular weight excluding hydrogens is 214 g/mol. The molecule has 1 aliphatic heterocycles. The van der Waals surface area contributed by atoms with E-state index in [1.807, 2.05) is 0 Å². The number of nitrogens with zero attached hydrogens (tertiary/aromatic N) is 2. The highest BCUT2D eigenvalue weighted by atomic mass is 32.2. The second-order valence-electron chi connectivity index (χ2n) is 4.01. The number of hydrogen-bond acceptors (Lipinski definition) is 4.